The maximum absolute atomic E-state index is 13.0. The van der Waals surface area contributed by atoms with Gasteiger partial charge in [-0.3, -0.25) is 4.79 Å². The van der Waals surface area contributed by atoms with Crippen LogP contribution in [0.25, 0.3) is 0 Å². The summed E-state index contributed by atoms with van der Waals surface area (Å²) in [6.45, 7) is 0.149. The van der Waals surface area contributed by atoms with Crippen molar-refractivity contribution in [1.82, 2.24) is 10.6 Å². The highest BCUT2D eigenvalue weighted by Crippen LogP contribution is 2.34. The smallest absolute Gasteiger partial charge is 0.319 e. The van der Waals surface area contributed by atoms with Gasteiger partial charge in [-0.15, -0.1) is 0 Å². The fraction of sp³-hybridized carbons (Fsp3) is 0.391. The molecule has 4 rings (SSSR count). The van der Waals surface area contributed by atoms with Gasteiger partial charge in [0.1, 0.15) is 11.9 Å². The van der Waals surface area contributed by atoms with Gasteiger partial charge in [0.25, 0.3) is 0 Å². The molecule has 2 heterocycles. The predicted molar refractivity (Wildman–Crippen MR) is 116 cm³/mol. The Morgan fingerprint density at radius 1 is 1.06 bits per heavy atom. The molecule has 176 valence electrons. The minimum absolute atomic E-state index is 0.133. The number of anilines is 1. The summed E-state index contributed by atoms with van der Waals surface area (Å²) in [5, 5.41) is 18.1. The Kier molecular flexibility index (Phi) is 7.26. The zero-order valence-corrected chi connectivity index (χ0v) is 17.9. The predicted octanol–water partition coefficient (Wildman–Crippen LogP) is 2.29. The van der Waals surface area contributed by atoms with Crippen LogP contribution in [0.15, 0.2) is 42.5 Å². The number of fused-ring (bicyclic) bond motifs is 1. The Labute approximate surface area is 190 Å². The molecule has 4 N–H and O–H groups in total. The van der Waals surface area contributed by atoms with Crippen LogP contribution in [0.2, 0.25) is 0 Å². The summed E-state index contributed by atoms with van der Waals surface area (Å²) in [5.74, 6) is 0.647. The summed E-state index contributed by atoms with van der Waals surface area (Å²) >= 11 is 0. The average molecular weight is 459 g/mol. The third-order valence-corrected chi connectivity index (χ3v) is 5.56. The fourth-order valence-electron chi connectivity index (χ4n) is 3.84. The number of nitrogens with one attached hydrogen (secondary N) is 3. The molecule has 2 aromatic rings. The van der Waals surface area contributed by atoms with Gasteiger partial charge >= 0.3 is 6.03 Å². The van der Waals surface area contributed by atoms with Gasteiger partial charge in [0, 0.05) is 18.3 Å². The van der Waals surface area contributed by atoms with E-state index in [0.717, 1.165) is 5.56 Å². The number of benzene rings is 2. The molecule has 0 aromatic heterocycles. The van der Waals surface area contributed by atoms with Gasteiger partial charge in [-0.1, -0.05) is 12.1 Å². The van der Waals surface area contributed by atoms with Crippen LogP contribution >= 0.6 is 0 Å². The van der Waals surface area contributed by atoms with Crippen molar-refractivity contribution in [3.63, 3.8) is 0 Å². The number of aliphatic hydroxyl groups is 1. The minimum Gasteiger partial charge on any atom is -0.454 e. The number of hydrogen-bond donors (Lipinski definition) is 4. The van der Waals surface area contributed by atoms with Crippen LogP contribution in [0.1, 0.15) is 24.8 Å². The molecule has 3 amide bonds. The second-order valence-electron chi connectivity index (χ2n) is 7.94. The van der Waals surface area contributed by atoms with E-state index in [9.17, 15) is 19.1 Å². The van der Waals surface area contributed by atoms with Gasteiger partial charge in [0.2, 0.25) is 12.7 Å². The van der Waals surface area contributed by atoms with E-state index < -0.39 is 18.2 Å². The maximum atomic E-state index is 13.0. The van der Waals surface area contributed by atoms with Gasteiger partial charge in [0.15, 0.2) is 11.5 Å². The summed E-state index contributed by atoms with van der Waals surface area (Å²) in [4.78, 5) is 24.7. The Bertz CT molecular complexity index is 987. The first kappa shape index (κ1) is 22.8. The summed E-state index contributed by atoms with van der Waals surface area (Å²) < 4.78 is 29.4. The lowest BCUT2D eigenvalue weighted by Gasteiger charge is -2.35. The van der Waals surface area contributed by atoms with Crippen LogP contribution in [-0.4, -0.2) is 48.7 Å². The molecule has 0 unspecified atom stereocenters. The molecule has 0 saturated carbocycles. The molecule has 2 aromatic carbocycles. The molecule has 2 aliphatic heterocycles. The molecule has 33 heavy (non-hydrogen) atoms. The highest BCUT2D eigenvalue weighted by Gasteiger charge is 2.33. The average Bonchev–Trinajstić information content (AvgIpc) is 3.27. The Morgan fingerprint density at radius 3 is 2.64 bits per heavy atom. The largest absolute Gasteiger partial charge is 0.454 e. The monoisotopic (exact) mass is 459 g/mol. The molecule has 9 nitrogen and oxygen atoms in total. The Morgan fingerprint density at radius 2 is 1.85 bits per heavy atom. The van der Waals surface area contributed by atoms with Crippen LogP contribution in [0.4, 0.5) is 14.9 Å². The number of halogens is 1. The van der Waals surface area contributed by atoms with Crippen molar-refractivity contribution in [2.75, 3.05) is 18.7 Å². The highest BCUT2D eigenvalue weighted by molar-refractivity contribution is 5.90. The summed E-state index contributed by atoms with van der Waals surface area (Å²) in [6, 6.07) is 10.2. The molecule has 2 aliphatic rings. The maximum Gasteiger partial charge on any atom is 0.319 e. The molecule has 0 aliphatic carbocycles. The van der Waals surface area contributed by atoms with Crippen molar-refractivity contribution in [1.29, 1.82) is 0 Å². The number of carbonyl (C=O) groups is 2. The molecule has 3 atom stereocenters. The van der Waals surface area contributed by atoms with Crippen LogP contribution in [0, 0.1) is 5.82 Å². The van der Waals surface area contributed by atoms with Crippen LogP contribution in [0.5, 0.6) is 11.5 Å². The second-order valence-corrected chi connectivity index (χ2v) is 7.94. The standard InChI is InChI=1S/C23H26FN3O6/c24-15-3-1-14(2-4-15)11-25-22(29)10-17-6-7-18(21(12-28)33-17)27-23(30)26-16-5-8-19-20(9-16)32-13-31-19/h1-5,8-9,17-18,21,28H,6-7,10-13H2,(H,25,29)(H2,26,27,30)/t17-,18+,21+/m1/s1. The van der Waals surface area contributed by atoms with Crippen molar-refractivity contribution in [3.05, 3.63) is 53.8 Å². The molecular formula is C23H26FN3O6. The number of ether oxygens (including phenoxy) is 3. The van der Waals surface area contributed by atoms with E-state index >= 15 is 0 Å². The number of amides is 3. The van der Waals surface area contributed by atoms with Crippen molar-refractivity contribution < 1.29 is 33.3 Å². The zero-order chi connectivity index (χ0) is 23.2. The van der Waals surface area contributed by atoms with Crippen molar-refractivity contribution in [2.45, 2.75) is 44.1 Å². The van der Waals surface area contributed by atoms with Gasteiger partial charge in [-0.05, 0) is 42.7 Å². The summed E-state index contributed by atoms with van der Waals surface area (Å²) in [5.41, 5.74) is 1.34. The number of rotatable bonds is 7. The van der Waals surface area contributed by atoms with Crippen LogP contribution in [-0.2, 0) is 16.1 Å². The lowest BCUT2D eigenvalue weighted by molar-refractivity contribution is -0.130. The van der Waals surface area contributed by atoms with Gasteiger partial charge < -0.3 is 35.3 Å². The second kappa shape index (κ2) is 10.5. The normalized spacial score (nSPS) is 21.3. The highest BCUT2D eigenvalue weighted by atomic mass is 19.1. The van der Waals surface area contributed by atoms with Crippen molar-refractivity contribution >= 4 is 17.6 Å². The van der Waals surface area contributed by atoms with E-state index in [1.165, 1.54) is 12.1 Å². The number of hydrogen-bond acceptors (Lipinski definition) is 6. The van der Waals surface area contributed by atoms with E-state index in [2.05, 4.69) is 16.0 Å². The topological polar surface area (TPSA) is 118 Å². The molecule has 0 spiro atoms. The first-order valence-corrected chi connectivity index (χ1v) is 10.7. The molecule has 0 bridgehead atoms. The van der Waals surface area contributed by atoms with Gasteiger partial charge in [-0.2, -0.15) is 0 Å². The van der Waals surface area contributed by atoms with Gasteiger partial charge in [-0.25, -0.2) is 9.18 Å². The fourth-order valence-corrected chi connectivity index (χ4v) is 3.84. The van der Waals surface area contributed by atoms with Crippen molar-refractivity contribution in [2.24, 2.45) is 0 Å². The molecule has 1 fully saturated rings. The Balaban J connectivity index is 1.22. The van der Waals surface area contributed by atoms with Crippen LogP contribution in [0.3, 0.4) is 0 Å². The lowest BCUT2D eigenvalue weighted by Crippen LogP contribution is -2.52. The van der Waals surface area contributed by atoms with E-state index in [0.29, 0.717) is 36.6 Å². The first-order valence-electron chi connectivity index (χ1n) is 10.7. The molecular weight excluding hydrogens is 433 g/mol. The number of carbonyl (C=O) groups excluding carboxylic acids is 2. The molecule has 1 saturated heterocycles. The third kappa shape index (κ3) is 6.11. The van der Waals surface area contributed by atoms with Crippen molar-refractivity contribution in [3.8, 4) is 11.5 Å². The zero-order valence-electron chi connectivity index (χ0n) is 17.9. The quantitative estimate of drug-likeness (QED) is 0.505. The third-order valence-electron chi connectivity index (χ3n) is 5.56. The SMILES string of the molecule is O=C(C[C@H]1CC[C@H](NC(=O)Nc2ccc3c(c2)OCO3)[C@H](CO)O1)NCc1ccc(F)cc1. The lowest BCUT2D eigenvalue weighted by atomic mass is 9.97. The molecule has 0 radical (unpaired) electrons. The Hall–Kier alpha value is -3.37. The summed E-state index contributed by atoms with van der Waals surface area (Å²) in [6.07, 6.45) is 0.236. The number of aliphatic hydroxyl groups excluding tert-OH is 1. The summed E-state index contributed by atoms with van der Waals surface area (Å²) in [7, 11) is 0. The minimum atomic E-state index is -0.629. The van der Waals surface area contributed by atoms with E-state index in [1.807, 2.05) is 0 Å². The van der Waals surface area contributed by atoms with Gasteiger partial charge in [0.05, 0.1) is 25.2 Å². The molecule has 10 heteroatoms. The first-order chi connectivity index (χ1) is 16.0. The number of urea groups is 1. The van der Waals surface area contributed by atoms with E-state index in [4.69, 9.17) is 14.2 Å². The van der Waals surface area contributed by atoms with Crippen LogP contribution < -0.4 is 25.4 Å². The van der Waals surface area contributed by atoms with E-state index in [1.54, 1.807) is 30.3 Å². The van der Waals surface area contributed by atoms with E-state index in [-0.39, 0.29) is 37.6 Å².